The third-order valence-corrected chi connectivity index (χ3v) is 11.9. The SMILES string of the molecule is CC1(C)c2ccc(-c3cc(-c4ccc(-c5ccccc5)cc4)nc(-c4ccccc4)n3)cc2-c2ccc(-c3ccc4ccc5cccc6ccc3c4c56)cc21. The van der Waals surface area contributed by atoms with Crippen LogP contribution in [-0.4, -0.2) is 9.97 Å². The molecule has 2 heteroatoms. The molecule has 55 heavy (non-hydrogen) atoms. The summed E-state index contributed by atoms with van der Waals surface area (Å²) in [5.74, 6) is 0.722. The van der Waals surface area contributed by atoms with E-state index in [1.165, 1.54) is 76.8 Å². The van der Waals surface area contributed by atoms with Crippen LogP contribution >= 0.6 is 0 Å². The first-order chi connectivity index (χ1) is 27.0. The van der Waals surface area contributed by atoms with E-state index in [0.717, 1.165) is 33.9 Å². The second kappa shape index (κ2) is 12.1. The Morgan fingerprint density at radius 3 is 1.65 bits per heavy atom. The molecule has 2 nitrogen and oxygen atoms in total. The second-order valence-electron chi connectivity index (χ2n) is 15.4. The number of benzene rings is 9. The van der Waals surface area contributed by atoms with Gasteiger partial charge in [0.05, 0.1) is 11.4 Å². The zero-order valence-electron chi connectivity index (χ0n) is 30.7. The van der Waals surface area contributed by atoms with E-state index in [-0.39, 0.29) is 5.41 Å². The predicted molar refractivity (Wildman–Crippen MR) is 230 cm³/mol. The lowest BCUT2D eigenvalue weighted by molar-refractivity contribution is 0.660. The molecule has 0 spiro atoms. The van der Waals surface area contributed by atoms with Crippen molar-refractivity contribution in [1.29, 1.82) is 0 Å². The van der Waals surface area contributed by atoms with Crippen LogP contribution in [0.4, 0.5) is 0 Å². The standard InChI is InChI=1S/C53H36N2/c1-53(2)46-29-25-41(49-32-48(54-52(55-49)39-12-7-4-8-13-39)35-18-16-34(17-19-35)33-10-5-3-6-11-33)30-45(46)43-27-24-40(31-47(43)53)42-26-22-38-21-20-36-14-9-15-37-23-28-44(42)51(38)50(36)37/h3-32H,1-2H3. The van der Waals surface area contributed by atoms with Crippen LogP contribution < -0.4 is 0 Å². The Kier molecular flexibility index (Phi) is 6.93. The summed E-state index contributed by atoms with van der Waals surface area (Å²) in [6.07, 6.45) is 0. The van der Waals surface area contributed by atoms with Crippen molar-refractivity contribution in [3.05, 3.63) is 193 Å². The maximum atomic E-state index is 5.19. The Labute approximate surface area is 320 Å². The lowest BCUT2D eigenvalue weighted by Gasteiger charge is -2.22. The monoisotopic (exact) mass is 700 g/mol. The van der Waals surface area contributed by atoms with Crippen LogP contribution in [0.5, 0.6) is 0 Å². The molecule has 0 saturated carbocycles. The van der Waals surface area contributed by atoms with Crippen molar-refractivity contribution in [1.82, 2.24) is 9.97 Å². The van der Waals surface area contributed by atoms with Gasteiger partial charge in [0.15, 0.2) is 5.82 Å². The molecular formula is C53H36N2. The Morgan fingerprint density at radius 2 is 0.909 bits per heavy atom. The summed E-state index contributed by atoms with van der Waals surface area (Å²) in [7, 11) is 0. The minimum absolute atomic E-state index is 0.157. The van der Waals surface area contributed by atoms with Crippen LogP contribution in [-0.2, 0) is 5.41 Å². The van der Waals surface area contributed by atoms with E-state index >= 15 is 0 Å². The molecule has 0 saturated heterocycles. The van der Waals surface area contributed by atoms with Gasteiger partial charge in [0, 0.05) is 22.1 Å². The molecule has 0 atom stereocenters. The minimum Gasteiger partial charge on any atom is -0.228 e. The van der Waals surface area contributed by atoms with Crippen LogP contribution in [0.2, 0.25) is 0 Å². The van der Waals surface area contributed by atoms with Gasteiger partial charge in [-0.2, -0.15) is 0 Å². The van der Waals surface area contributed by atoms with Crippen molar-refractivity contribution < 1.29 is 0 Å². The van der Waals surface area contributed by atoms with Gasteiger partial charge in [-0.05, 0) is 95.0 Å². The molecule has 1 heterocycles. The summed E-state index contributed by atoms with van der Waals surface area (Å²) in [4.78, 5) is 10.3. The third-order valence-electron chi connectivity index (χ3n) is 11.9. The summed E-state index contributed by atoms with van der Waals surface area (Å²) >= 11 is 0. The Morgan fingerprint density at radius 1 is 0.345 bits per heavy atom. The molecule has 0 unspecified atom stereocenters. The van der Waals surface area contributed by atoms with Crippen LogP contribution in [0.25, 0.3) is 99.6 Å². The van der Waals surface area contributed by atoms with Crippen molar-refractivity contribution in [2.24, 2.45) is 0 Å². The lowest BCUT2D eigenvalue weighted by atomic mass is 9.81. The van der Waals surface area contributed by atoms with Crippen molar-refractivity contribution in [3.63, 3.8) is 0 Å². The van der Waals surface area contributed by atoms with Crippen molar-refractivity contribution in [2.75, 3.05) is 0 Å². The molecule has 10 aromatic rings. The Balaban J connectivity index is 1.02. The van der Waals surface area contributed by atoms with Gasteiger partial charge in [-0.1, -0.05) is 178 Å². The topological polar surface area (TPSA) is 25.8 Å². The van der Waals surface area contributed by atoms with Crippen LogP contribution in [0.1, 0.15) is 25.0 Å². The van der Waals surface area contributed by atoms with Gasteiger partial charge in [-0.15, -0.1) is 0 Å². The second-order valence-corrected chi connectivity index (χ2v) is 15.4. The highest BCUT2D eigenvalue weighted by atomic mass is 14.9. The van der Waals surface area contributed by atoms with Crippen LogP contribution in [0, 0.1) is 0 Å². The molecule has 0 aliphatic heterocycles. The number of rotatable bonds is 5. The van der Waals surface area contributed by atoms with E-state index in [0.29, 0.717) is 0 Å². The largest absolute Gasteiger partial charge is 0.228 e. The average Bonchev–Trinajstić information content (AvgIpc) is 3.48. The van der Waals surface area contributed by atoms with Gasteiger partial charge >= 0.3 is 0 Å². The van der Waals surface area contributed by atoms with E-state index in [2.05, 4.69) is 178 Å². The Bertz CT molecular complexity index is 3070. The fourth-order valence-corrected chi connectivity index (χ4v) is 8.99. The molecule has 0 radical (unpaired) electrons. The normalized spacial score (nSPS) is 13.1. The van der Waals surface area contributed by atoms with Crippen molar-refractivity contribution >= 4 is 32.3 Å². The van der Waals surface area contributed by atoms with Gasteiger partial charge in [0.25, 0.3) is 0 Å². The van der Waals surface area contributed by atoms with Crippen molar-refractivity contribution in [2.45, 2.75) is 19.3 Å². The molecule has 0 fully saturated rings. The molecule has 258 valence electrons. The van der Waals surface area contributed by atoms with E-state index in [9.17, 15) is 0 Å². The summed E-state index contributed by atoms with van der Waals surface area (Å²) in [5.41, 5.74) is 15.0. The maximum Gasteiger partial charge on any atom is 0.160 e. The minimum atomic E-state index is -0.157. The first kappa shape index (κ1) is 31.6. The molecule has 1 aliphatic rings. The van der Waals surface area contributed by atoms with Crippen LogP contribution in [0.15, 0.2) is 182 Å². The van der Waals surface area contributed by atoms with Gasteiger partial charge in [0.1, 0.15) is 0 Å². The molecule has 0 bridgehead atoms. The van der Waals surface area contributed by atoms with E-state index in [1.54, 1.807) is 0 Å². The molecular weight excluding hydrogens is 665 g/mol. The number of aromatic nitrogens is 2. The summed E-state index contributed by atoms with van der Waals surface area (Å²) in [5, 5.41) is 7.89. The smallest absolute Gasteiger partial charge is 0.160 e. The Hall–Kier alpha value is -6.90. The molecule has 9 aromatic carbocycles. The number of nitrogens with zero attached hydrogens (tertiary/aromatic N) is 2. The first-order valence-electron chi connectivity index (χ1n) is 19.1. The highest BCUT2D eigenvalue weighted by Gasteiger charge is 2.36. The van der Waals surface area contributed by atoms with Crippen LogP contribution in [0.3, 0.4) is 0 Å². The third kappa shape index (κ3) is 5.02. The predicted octanol–water partition coefficient (Wildman–Crippen LogP) is 14.0. The first-order valence-corrected chi connectivity index (χ1v) is 19.1. The van der Waals surface area contributed by atoms with E-state index in [4.69, 9.17) is 9.97 Å². The molecule has 1 aromatic heterocycles. The zero-order chi connectivity index (χ0) is 36.7. The average molecular weight is 701 g/mol. The van der Waals surface area contributed by atoms with E-state index in [1.807, 2.05) is 18.2 Å². The zero-order valence-corrected chi connectivity index (χ0v) is 30.7. The van der Waals surface area contributed by atoms with Gasteiger partial charge in [0.2, 0.25) is 0 Å². The molecule has 11 rings (SSSR count). The summed E-state index contributed by atoms with van der Waals surface area (Å²) in [6, 6.07) is 66.0. The number of fused-ring (bicyclic) bond motifs is 3. The van der Waals surface area contributed by atoms with Gasteiger partial charge < -0.3 is 0 Å². The summed E-state index contributed by atoms with van der Waals surface area (Å²) < 4.78 is 0. The lowest BCUT2D eigenvalue weighted by Crippen LogP contribution is -2.15. The maximum absolute atomic E-state index is 5.19. The molecule has 0 N–H and O–H groups in total. The van der Waals surface area contributed by atoms with Gasteiger partial charge in [-0.3, -0.25) is 0 Å². The summed E-state index contributed by atoms with van der Waals surface area (Å²) in [6.45, 7) is 4.72. The van der Waals surface area contributed by atoms with E-state index < -0.39 is 0 Å². The quantitative estimate of drug-likeness (QED) is 0.167. The van der Waals surface area contributed by atoms with Crippen molar-refractivity contribution in [3.8, 4) is 67.3 Å². The van der Waals surface area contributed by atoms with Gasteiger partial charge in [-0.25, -0.2) is 9.97 Å². The number of hydrogen-bond acceptors (Lipinski definition) is 2. The molecule has 1 aliphatic carbocycles. The number of hydrogen-bond donors (Lipinski definition) is 0. The fraction of sp³-hybridized carbons (Fsp3) is 0.0566. The fourth-order valence-electron chi connectivity index (χ4n) is 8.99. The molecule has 0 amide bonds. The highest BCUT2D eigenvalue weighted by molar-refractivity contribution is 6.25. The highest BCUT2D eigenvalue weighted by Crippen LogP contribution is 2.51.